The molecule has 170 valence electrons. The number of aliphatic hydroxyl groups is 1. The quantitative estimate of drug-likeness (QED) is 0.225. The zero-order valence-corrected chi connectivity index (χ0v) is 17.6. The summed E-state index contributed by atoms with van der Waals surface area (Å²) in [4.78, 5) is 63.1. The molecule has 0 spiro atoms. The molecule has 1 saturated heterocycles. The molecule has 1 atom stereocenters. The normalized spacial score (nSPS) is 15.4. The lowest BCUT2D eigenvalue weighted by Crippen LogP contribution is -2.49. The fraction of sp³-hybridized carbons (Fsp3) is 0.421. The third-order valence-electron chi connectivity index (χ3n) is 3.75. The van der Waals surface area contributed by atoms with Crippen LogP contribution < -0.4 is 0 Å². The maximum atomic E-state index is 12.8. The Balaban J connectivity index is 3.11. The minimum Gasteiger partial charge on any atom is -0.441 e. The second-order valence-corrected chi connectivity index (χ2v) is 6.69. The first kappa shape index (κ1) is 25.5. The van der Waals surface area contributed by atoms with E-state index in [2.05, 4.69) is 19.7 Å². The Kier molecular flexibility index (Phi) is 9.09. The first-order valence-corrected chi connectivity index (χ1v) is 8.87. The Morgan fingerprint density at radius 2 is 1.42 bits per heavy atom. The van der Waals surface area contributed by atoms with Crippen LogP contribution in [0.15, 0.2) is 36.5 Å². The van der Waals surface area contributed by atoms with E-state index in [1.54, 1.807) is 0 Å². The van der Waals surface area contributed by atoms with E-state index >= 15 is 0 Å². The lowest BCUT2D eigenvalue weighted by Gasteiger charge is -2.26. The predicted molar refractivity (Wildman–Crippen MR) is 105 cm³/mol. The van der Waals surface area contributed by atoms with Crippen LogP contribution >= 0.6 is 0 Å². The van der Waals surface area contributed by atoms with Gasteiger partial charge in [-0.25, -0.2) is 29.0 Å². The molecule has 12 nitrogen and oxygen atoms in total. The molecule has 0 radical (unpaired) electrons. The number of hydrogen-bond acceptors (Lipinski definition) is 9. The fourth-order valence-electron chi connectivity index (χ4n) is 1.95. The van der Waals surface area contributed by atoms with Gasteiger partial charge in [0.15, 0.2) is 19.8 Å². The van der Waals surface area contributed by atoms with Crippen molar-refractivity contribution in [1.29, 1.82) is 0 Å². The van der Waals surface area contributed by atoms with Gasteiger partial charge in [-0.15, -0.1) is 0 Å². The molecule has 31 heavy (non-hydrogen) atoms. The summed E-state index contributed by atoms with van der Waals surface area (Å²) in [5.41, 5.74) is 0.289. The van der Waals surface area contributed by atoms with Crippen LogP contribution in [-0.4, -0.2) is 82.7 Å². The summed E-state index contributed by atoms with van der Waals surface area (Å²) in [5.74, 6) is -2.59. The SMILES string of the molecule is C=C(C)C(=O)OCN1CC(=O)N(COC(=O)C(=C)C)C(=O)N(COC(O)C(=C)C)C1=O. The maximum Gasteiger partial charge on any atom is 0.339 e. The molecule has 1 heterocycles. The predicted octanol–water partition coefficient (Wildman–Crippen LogP) is 0.695. The van der Waals surface area contributed by atoms with Crippen LogP contribution in [0.25, 0.3) is 0 Å². The summed E-state index contributed by atoms with van der Waals surface area (Å²) < 4.78 is 14.8. The summed E-state index contributed by atoms with van der Waals surface area (Å²) in [6.45, 7) is 11.6. The fourth-order valence-corrected chi connectivity index (χ4v) is 1.95. The number of hydrogen-bond donors (Lipinski definition) is 1. The monoisotopic (exact) mass is 439 g/mol. The van der Waals surface area contributed by atoms with E-state index in [1.165, 1.54) is 20.8 Å². The molecule has 0 aliphatic carbocycles. The number of aliphatic hydroxyl groups excluding tert-OH is 1. The number of carbonyl (C=O) groups excluding carboxylic acids is 5. The molecule has 0 aromatic rings. The highest BCUT2D eigenvalue weighted by atomic mass is 16.6. The topological polar surface area (TPSA) is 143 Å². The van der Waals surface area contributed by atoms with E-state index in [9.17, 15) is 29.1 Å². The van der Waals surface area contributed by atoms with Crippen LogP contribution in [0.4, 0.5) is 9.59 Å². The number of nitrogens with zero attached hydrogens (tertiary/aromatic N) is 3. The molecule has 0 saturated carbocycles. The van der Waals surface area contributed by atoms with Gasteiger partial charge in [-0.05, 0) is 26.3 Å². The Labute approximate surface area is 178 Å². The van der Waals surface area contributed by atoms with Crippen molar-refractivity contribution in [1.82, 2.24) is 14.7 Å². The van der Waals surface area contributed by atoms with Gasteiger partial charge < -0.3 is 19.3 Å². The van der Waals surface area contributed by atoms with Crippen molar-refractivity contribution in [3.63, 3.8) is 0 Å². The molecule has 12 heteroatoms. The van der Waals surface area contributed by atoms with Crippen molar-refractivity contribution < 1.29 is 43.3 Å². The van der Waals surface area contributed by atoms with Crippen LogP contribution in [0, 0.1) is 0 Å². The van der Waals surface area contributed by atoms with E-state index < -0.39 is 62.9 Å². The van der Waals surface area contributed by atoms with Crippen molar-refractivity contribution in [2.24, 2.45) is 0 Å². The third-order valence-corrected chi connectivity index (χ3v) is 3.75. The highest BCUT2D eigenvalue weighted by Crippen LogP contribution is 2.14. The minimum absolute atomic E-state index is 0.0314. The summed E-state index contributed by atoms with van der Waals surface area (Å²) >= 11 is 0. The Bertz CT molecular complexity index is 820. The van der Waals surface area contributed by atoms with E-state index in [-0.39, 0.29) is 16.7 Å². The molecule has 1 rings (SSSR count). The zero-order chi connectivity index (χ0) is 23.9. The summed E-state index contributed by atoms with van der Waals surface area (Å²) in [6, 6.07) is -2.22. The van der Waals surface area contributed by atoms with Crippen molar-refractivity contribution >= 4 is 29.9 Å². The van der Waals surface area contributed by atoms with Crippen LogP contribution in [0.3, 0.4) is 0 Å². The summed E-state index contributed by atoms with van der Waals surface area (Å²) in [7, 11) is 0. The van der Waals surface area contributed by atoms with Crippen LogP contribution in [0.1, 0.15) is 20.8 Å². The molecule has 1 aliphatic rings. The highest BCUT2D eigenvalue weighted by molar-refractivity contribution is 6.05. The number of ether oxygens (including phenoxy) is 3. The number of urea groups is 2. The Morgan fingerprint density at radius 3 is 1.90 bits per heavy atom. The molecular formula is C19H25N3O9. The minimum atomic E-state index is -1.50. The van der Waals surface area contributed by atoms with Gasteiger partial charge >= 0.3 is 24.0 Å². The van der Waals surface area contributed by atoms with Gasteiger partial charge in [0.25, 0.3) is 5.91 Å². The van der Waals surface area contributed by atoms with Crippen molar-refractivity contribution in [2.45, 2.75) is 27.1 Å². The van der Waals surface area contributed by atoms with E-state index in [1.807, 2.05) is 0 Å². The first-order chi connectivity index (χ1) is 14.4. The average molecular weight is 439 g/mol. The van der Waals surface area contributed by atoms with E-state index in [0.717, 1.165) is 4.90 Å². The van der Waals surface area contributed by atoms with Gasteiger partial charge in [0.1, 0.15) is 13.3 Å². The lowest BCUT2D eigenvalue weighted by atomic mass is 10.3. The molecule has 0 aromatic carbocycles. The van der Waals surface area contributed by atoms with Gasteiger partial charge in [0.05, 0.1) is 0 Å². The summed E-state index contributed by atoms with van der Waals surface area (Å²) in [6.07, 6.45) is -1.50. The van der Waals surface area contributed by atoms with Crippen LogP contribution in [0.2, 0.25) is 0 Å². The molecule has 1 unspecified atom stereocenters. The highest BCUT2D eigenvalue weighted by Gasteiger charge is 2.40. The summed E-state index contributed by atoms with van der Waals surface area (Å²) in [5, 5.41) is 9.73. The maximum absolute atomic E-state index is 12.8. The molecule has 1 N–H and O–H groups in total. The van der Waals surface area contributed by atoms with Crippen molar-refractivity contribution in [3.8, 4) is 0 Å². The smallest absolute Gasteiger partial charge is 0.339 e. The number of esters is 2. The molecule has 0 aromatic heterocycles. The van der Waals surface area contributed by atoms with E-state index in [0.29, 0.717) is 9.80 Å². The molecular weight excluding hydrogens is 414 g/mol. The third kappa shape index (κ3) is 7.04. The van der Waals surface area contributed by atoms with Gasteiger partial charge in [-0.2, -0.15) is 0 Å². The van der Waals surface area contributed by atoms with E-state index in [4.69, 9.17) is 14.2 Å². The van der Waals surface area contributed by atoms with Gasteiger partial charge in [0.2, 0.25) is 0 Å². The molecule has 1 fully saturated rings. The van der Waals surface area contributed by atoms with Crippen molar-refractivity contribution in [3.05, 3.63) is 36.5 Å². The van der Waals surface area contributed by atoms with Crippen LogP contribution in [0.5, 0.6) is 0 Å². The first-order valence-electron chi connectivity index (χ1n) is 8.87. The number of carbonyl (C=O) groups is 5. The Hall–Kier alpha value is -3.51. The Morgan fingerprint density at radius 1 is 0.903 bits per heavy atom. The molecule has 1 aliphatic heterocycles. The number of amides is 5. The van der Waals surface area contributed by atoms with Crippen LogP contribution in [-0.2, 0) is 28.6 Å². The zero-order valence-electron chi connectivity index (χ0n) is 17.6. The molecule has 0 bridgehead atoms. The van der Waals surface area contributed by atoms with Gasteiger partial charge in [-0.3, -0.25) is 9.69 Å². The van der Waals surface area contributed by atoms with Gasteiger partial charge in [0, 0.05) is 11.1 Å². The second-order valence-electron chi connectivity index (χ2n) is 6.69. The largest absolute Gasteiger partial charge is 0.441 e. The number of imide groups is 2. The van der Waals surface area contributed by atoms with Gasteiger partial charge in [-0.1, -0.05) is 19.7 Å². The van der Waals surface area contributed by atoms with Crippen molar-refractivity contribution in [2.75, 3.05) is 26.7 Å². The number of rotatable bonds is 10. The molecule has 5 amide bonds. The lowest BCUT2D eigenvalue weighted by molar-refractivity contribution is -0.148. The second kappa shape index (κ2) is 11.0. The standard InChI is InChI=1S/C19H25N3O9/c1-11(2)15(24)29-8-20-7-14(23)21(9-30-16(25)12(3)4)19(28)22(18(20)27)10-31-17(26)13(5)6/h17,26H,1,3,5,7-10H2,2,4,6H3. The average Bonchev–Trinajstić information content (AvgIpc) is 2.77.